The molecule has 2 aromatic rings. The normalized spacial score (nSPS) is 15.0. The van der Waals surface area contributed by atoms with Gasteiger partial charge in [0.2, 0.25) is 5.78 Å². The van der Waals surface area contributed by atoms with Crippen molar-refractivity contribution in [1.29, 1.82) is 0 Å². The van der Waals surface area contributed by atoms with E-state index in [1.165, 1.54) is 0 Å². The number of halogens is 1. The van der Waals surface area contributed by atoms with Crippen molar-refractivity contribution in [3.63, 3.8) is 0 Å². The summed E-state index contributed by atoms with van der Waals surface area (Å²) in [4.78, 5) is 24.4. The highest BCUT2D eigenvalue weighted by atomic mass is 35.5. The Labute approximate surface area is 151 Å². The second-order valence-electron chi connectivity index (χ2n) is 6.79. The highest BCUT2D eigenvalue weighted by Gasteiger charge is 2.29. The van der Waals surface area contributed by atoms with Gasteiger partial charge in [-0.25, -0.2) is 0 Å². The van der Waals surface area contributed by atoms with Crippen LogP contribution >= 0.6 is 11.6 Å². The van der Waals surface area contributed by atoms with Gasteiger partial charge < -0.3 is 9.47 Å². The number of esters is 1. The molecule has 1 aliphatic heterocycles. The third kappa shape index (κ3) is 3.74. The van der Waals surface area contributed by atoms with Crippen LogP contribution in [0.3, 0.4) is 0 Å². The predicted molar refractivity (Wildman–Crippen MR) is 95.9 cm³/mol. The molecule has 0 unspecified atom stereocenters. The molecule has 5 heteroatoms. The number of rotatable bonds is 2. The first kappa shape index (κ1) is 17.2. The van der Waals surface area contributed by atoms with Crippen LogP contribution in [0.1, 0.15) is 36.7 Å². The van der Waals surface area contributed by atoms with Crippen molar-refractivity contribution in [1.82, 2.24) is 0 Å². The molecule has 3 rings (SSSR count). The van der Waals surface area contributed by atoms with E-state index in [2.05, 4.69) is 0 Å². The van der Waals surface area contributed by atoms with Crippen LogP contribution in [0.5, 0.6) is 11.5 Å². The number of benzene rings is 2. The average molecular weight is 357 g/mol. The Balaban J connectivity index is 1.85. The molecule has 4 nitrogen and oxygen atoms in total. The van der Waals surface area contributed by atoms with Gasteiger partial charge in [0.25, 0.3) is 0 Å². The van der Waals surface area contributed by atoms with Gasteiger partial charge in [0.1, 0.15) is 11.5 Å². The molecular weight excluding hydrogens is 340 g/mol. The first-order valence-corrected chi connectivity index (χ1v) is 8.18. The zero-order chi connectivity index (χ0) is 18.2. The molecule has 0 aliphatic carbocycles. The Morgan fingerprint density at radius 1 is 1.16 bits per heavy atom. The topological polar surface area (TPSA) is 52.6 Å². The maximum absolute atomic E-state index is 12.4. The quantitative estimate of drug-likeness (QED) is 0.436. The van der Waals surface area contributed by atoms with E-state index >= 15 is 0 Å². The fraction of sp³-hybridized carbons (Fsp3) is 0.200. The molecule has 1 heterocycles. The van der Waals surface area contributed by atoms with Crippen molar-refractivity contribution < 1.29 is 19.1 Å². The van der Waals surface area contributed by atoms with Crippen LogP contribution in [0.2, 0.25) is 5.02 Å². The molecule has 1 aliphatic rings. The number of ether oxygens (including phenoxy) is 2. The molecule has 0 saturated heterocycles. The van der Waals surface area contributed by atoms with Crippen molar-refractivity contribution in [3.8, 4) is 11.5 Å². The van der Waals surface area contributed by atoms with Crippen LogP contribution < -0.4 is 9.47 Å². The summed E-state index contributed by atoms with van der Waals surface area (Å²) in [6.07, 6.45) is 1.63. The molecule has 0 radical (unpaired) electrons. The van der Waals surface area contributed by atoms with E-state index in [0.717, 1.165) is 5.56 Å². The van der Waals surface area contributed by atoms with Crippen molar-refractivity contribution >= 4 is 29.4 Å². The fourth-order valence-corrected chi connectivity index (χ4v) is 2.44. The van der Waals surface area contributed by atoms with Gasteiger partial charge in [0, 0.05) is 11.1 Å². The summed E-state index contributed by atoms with van der Waals surface area (Å²) in [5, 5.41) is 0.577. The van der Waals surface area contributed by atoms with Gasteiger partial charge in [-0.3, -0.25) is 9.59 Å². The van der Waals surface area contributed by atoms with Gasteiger partial charge in [0.15, 0.2) is 5.76 Å². The zero-order valence-corrected chi connectivity index (χ0v) is 14.9. The SMILES string of the molecule is CC(C)(C)C(=O)Oc1ccc2c(c1)O/C(=C/c1cccc(Cl)c1)C2=O. The number of hydrogen-bond acceptors (Lipinski definition) is 4. The Bertz CT molecular complexity index is 891. The standard InChI is InChI=1S/C20H17ClO4/c1-20(2,3)19(23)24-14-7-8-15-16(11-14)25-17(18(15)22)10-12-5-4-6-13(21)9-12/h4-11H,1-3H3/b17-10+. The number of Topliss-reactive ketones (excluding diaryl/α,β-unsaturated/α-hetero) is 1. The van der Waals surface area contributed by atoms with Gasteiger partial charge in [-0.05, 0) is 56.7 Å². The van der Waals surface area contributed by atoms with Gasteiger partial charge >= 0.3 is 5.97 Å². The molecule has 0 N–H and O–H groups in total. The maximum atomic E-state index is 12.4. The Morgan fingerprint density at radius 3 is 2.60 bits per heavy atom. The Hall–Kier alpha value is -2.59. The van der Waals surface area contributed by atoms with E-state index in [9.17, 15) is 9.59 Å². The van der Waals surface area contributed by atoms with E-state index in [4.69, 9.17) is 21.1 Å². The van der Waals surface area contributed by atoms with E-state index in [-0.39, 0.29) is 17.5 Å². The maximum Gasteiger partial charge on any atom is 0.316 e. The summed E-state index contributed by atoms with van der Waals surface area (Å²) in [7, 11) is 0. The molecule has 25 heavy (non-hydrogen) atoms. The molecule has 0 bridgehead atoms. The lowest BCUT2D eigenvalue weighted by molar-refractivity contribution is -0.142. The largest absolute Gasteiger partial charge is 0.452 e. The van der Waals surface area contributed by atoms with Crippen molar-refractivity contribution in [2.75, 3.05) is 0 Å². The summed E-state index contributed by atoms with van der Waals surface area (Å²) in [6.45, 7) is 5.32. The van der Waals surface area contributed by atoms with Crippen LogP contribution in [0.4, 0.5) is 0 Å². The summed E-state index contributed by atoms with van der Waals surface area (Å²) >= 11 is 5.96. The first-order valence-electron chi connectivity index (χ1n) is 7.80. The van der Waals surface area contributed by atoms with E-state index in [0.29, 0.717) is 22.1 Å². The number of fused-ring (bicyclic) bond motifs is 1. The molecule has 0 amide bonds. The molecule has 2 aromatic carbocycles. The number of allylic oxidation sites excluding steroid dienone is 1. The van der Waals surface area contributed by atoms with Crippen molar-refractivity contribution in [2.24, 2.45) is 5.41 Å². The minimum absolute atomic E-state index is 0.205. The van der Waals surface area contributed by atoms with Crippen LogP contribution in [0.25, 0.3) is 6.08 Å². The number of carbonyl (C=O) groups excluding carboxylic acids is 2. The lowest BCUT2D eigenvalue weighted by Crippen LogP contribution is -2.25. The summed E-state index contributed by atoms with van der Waals surface area (Å²) in [6, 6.07) is 11.9. The van der Waals surface area contributed by atoms with Crippen molar-refractivity contribution in [3.05, 3.63) is 64.4 Å². The highest BCUT2D eigenvalue weighted by Crippen LogP contribution is 2.35. The smallest absolute Gasteiger partial charge is 0.316 e. The second-order valence-corrected chi connectivity index (χ2v) is 7.23. The third-order valence-corrected chi connectivity index (χ3v) is 3.85. The van der Waals surface area contributed by atoms with Gasteiger partial charge in [0.05, 0.1) is 11.0 Å². The molecular formula is C20H17ClO4. The van der Waals surface area contributed by atoms with Crippen LogP contribution in [-0.2, 0) is 4.79 Å². The van der Waals surface area contributed by atoms with Crippen molar-refractivity contribution in [2.45, 2.75) is 20.8 Å². The van der Waals surface area contributed by atoms with Gasteiger partial charge in [-0.1, -0.05) is 23.7 Å². The molecule has 128 valence electrons. The summed E-state index contributed by atoms with van der Waals surface area (Å²) in [5.74, 6) is 0.347. The number of ketones is 1. The highest BCUT2D eigenvalue weighted by molar-refractivity contribution is 6.30. The molecule has 0 saturated carbocycles. The Morgan fingerprint density at radius 2 is 1.92 bits per heavy atom. The monoisotopic (exact) mass is 356 g/mol. The molecule has 0 spiro atoms. The second kappa shape index (κ2) is 6.37. The van der Waals surface area contributed by atoms with E-state index in [1.54, 1.807) is 63.2 Å². The van der Waals surface area contributed by atoms with Gasteiger partial charge in [-0.15, -0.1) is 0 Å². The summed E-state index contributed by atoms with van der Waals surface area (Å²) in [5.41, 5.74) is 0.583. The number of carbonyl (C=O) groups is 2. The lowest BCUT2D eigenvalue weighted by atomic mass is 9.97. The van der Waals surface area contributed by atoms with E-state index < -0.39 is 5.41 Å². The number of hydrogen-bond donors (Lipinski definition) is 0. The van der Waals surface area contributed by atoms with E-state index in [1.807, 2.05) is 6.07 Å². The van der Waals surface area contributed by atoms with Crippen LogP contribution in [0.15, 0.2) is 48.2 Å². The Kier molecular flexibility index (Phi) is 4.39. The fourth-order valence-electron chi connectivity index (χ4n) is 2.24. The minimum atomic E-state index is -0.618. The average Bonchev–Trinajstić information content (AvgIpc) is 2.82. The van der Waals surface area contributed by atoms with Gasteiger partial charge in [-0.2, -0.15) is 0 Å². The molecule has 0 fully saturated rings. The molecule has 0 aromatic heterocycles. The minimum Gasteiger partial charge on any atom is -0.452 e. The van der Waals surface area contributed by atoms with Crippen LogP contribution in [0, 0.1) is 5.41 Å². The molecule has 0 atom stereocenters. The zero-order valence-electron chi connectivity index (χ0n) is 14.1. The first-order chi connectivity index (χ1) is 11.7. The third-order valence-electron chi connectivity index (χ3n) is 3.61. The predicted octanol–water partition coefficient (Wildman–Crippen LogP) is 4.91. The van der Waals surface area contributed by atoms with Crippen LogP contribution in [-0.4, -0.2) is 11.8 Å². The lowest BCUT2D eigenvalue weighted by Gasteiger charge is -2.16. The summed E-state index contributed by atoms with van der Waals surface area (Å²) < 4.78 is 11.0.